The molecule has 0 aliphatic carbocycles. The van der Waals surface area contributed by atoms with Crippen LogP contribution in [-0.2, 0) is 17.7 Å². The summed E-state index contributed by atoms with van der Waals surface area (Å²) in [5.74, 6) is -0.370. The highest BCUT2D eigenvalue weighted by Gasteiger charge is 2.22. The Balaban J connectivity index is 1.44. The molecule has 0 saturated heterocycles. The predicted molar refractivity (Wildman–Crippen MR) is 110 cm³/mol. The third-order valence-corrected chi connectivity index (χ3v) is 5.13. The molecule has 28 heavy (non-hydrogen) atoms. The molecular weight excluding hydrogens is 354 g/mol. The molecule has 2 aromatic rings. The average molecular weight is 381 g/mol. The summed E-state index contributed by atoms with van der Waals surface area (Å²) in [6.07, 6.45) is 2.24. The number of carbonyl (C=O) groups is 2. The predicted octanol–water partition coefficient (Wildman–Crippen LogP) is 3.11. The second-order valence-electron chi connectivity index (χ2n) is 7.01. The molecule has 0 aromatic heterocycles. The molecule has 6 nitrogen and oxygen atoms in total. The third kappa shape index (κ3) is 4.82. The standard InChI is InChI=1S/C22H27N3O3/c1-16-7-10-18-5-3-4-6-20(18)25(16)14-13-23-22(27)24-15-17-8-11-19(12-9-17)21(26)28-2/h3-6,8-9,11-12,16H,7,10,13-15H2,1-2H3,(H2,23,24,27)/t16-/m0/s1. The zero-order valence-corrected chi connectivity index (χ0v) is 16.4. The van der Waals surface area contributed by atoms with Gasteiger partial charge < -0.3 is 20.3 Å². The number of nitrogens with zero attached hydrogens (tertiary/aromatic N) is 1. The number of para-hydroxylation sites is 1. The number of amides is 2. The normalized spacial score (nSPS) is 15.5. The molecule has 2 aromatic carbocycles. The van der Waals surface area contributed by atoms with Gasteiger partial charge in [0.15, 0.2) is 0 Å². The maximum atomic E-state index is 12.1. The third-order valence-electron chi connectivity index (χ3n) is 5.13. The number of hydrogen-bond donors (Lipinski definition) is 2. The summed E-state index contributed by atoms with van der Waals surface area (Å²) in [5, 5.41) is 5.77. The molecule has 1 heterocycles. The minimum Gasteiger partial charge on any atom is -0.465 e. The molecule has 1 aliphatic heterocycles. The maximum Gasteiger partial charge on any atom is 0.337 e. The number of carbonyl (C=O) groups excluding carboxylic acids is 2. The van der Waals surface area contributed by atoms with Crippen molar-refractivity contribution in [2.24, 2.45) is 0 Å². The van der Waals surface area contributed by atoms with Crippen molar-refractivity contribution >= 4 is 17.7 Å². The van der Waals surface area contributed by atoms with Crippen LogP contribution < -0.4 is 15.5 Å². The molecule has 2 N–H and O–H groups in total. The molecular formula is C22H27N3O3. The summed E-state index contributed by atoms with van der Waals surface area (Å²) in [4.78, 5) is 25.9. The van der Waals surface area contributed by atoms with Gasteiger partial charge in [0.1, 0.15) is 0 Å². The highest BCUT2D eigenvalue weighted by atomic mass is 16.5. The van der Waals surface area contributed by atoms with Crippen molar-refractivity contribution in [1.29, 1.82) is 0 Å². The first-order chi connectivity index (χ1) is 13.6. The Labute approximate surface area is 165 Å². The van der Waals surface area contributed by atoms with Crippen LogP contribution in [0.1, 0.15) is 34.8 Å². The average Bonchev–Trinajstić information content (AvgIpc) is 2.73. The van der Waals surface area contributed by atoms with Crippen molar-refractivity contribution in [2.45, 2.75) is 32.4 Å². The van der Waals surface area contributed by atoms with E-state index in [0.717, 1.165) is 24.9 Å². The topological polar surface area (TPSA) is 70.7 Å². The van der Waals surface area contributed by atoms with Gasteiger partial charge in [-0.2, -0.15) is 0 Å². The van der Waals surface area contributed by atoms with E-state index < -0.39 is 0 Å². The molecule has 1 aliphatic rings. The molecule has 0 spiro atoms. The minimum atomic E-state index is -0.370. The van der Waals surface area contributed by atoms with Crippen LogP contribution in [-0.4, -0.2) is 38.2 Å². The highest BCUT2D eigenvalue weighted by molar-refractivity contribution is 5.89. The number of fused-ring (bicyclic) bond motifs is 1. The molecule has 6 heteroatoms. The van der Waals surface area contributed by atoms with Gasteiger partial charge in [-0.05, 0) is 49.1 Å². The number of ether oxygens (including phenoxy) is 1. The van der Waals surface area contributed by atoms with Gasteiger partial charge in [-0.25, -0.2) is 9.59 Å². The van der Waals surface area contributed by atoms with Gasteiger partial charge in [0.05, 0.1) is 12.7 Å². The van der Waals surface area contributed by atoms with Crippen molar-refractivity contribution in [3.63, 3.8) is 0 Å². The first kappa shape index (κ1) is 19.7. The van der Waals surface area contributed by atoms with Crippen molar-refractivity contribution in [3.05, 3.63) is 65.2 Å². The zero-order chi connectivity index (χ0) is 19.9. The minimum absolute atomic E-state index is 0.199. The Hall–Kier alpha value is -3.02. The summed E-state index contributed by atoms with van der Waals surface area (Å²) < 4.78 is 4.68. The monoisotopic (exact) mass is 381 g/mol. The van der Waals surface area contributed by atoms with Crippen molar-refractivity contribution < 1.29 is 14.3 Å². The van der Waals surface area contributed by atoms with E-state index in [9.17, 15) is 9.59 Å². The van der Waals surface area contributed by atoms with Crippen molar-refractivity contribution in [1.82, 2.24) is 10.6 Å². The lowest BCUT2D eigenvalue weighted by Crippen LogP contribution is -2.44. The van der Waals surface area contributed by atoms with Gasteiger partial charge in [-0.3, -0.25) is 0 Å². The van der Waals surface area contributed by atoms with E-state index in [1.807, 2.05) is 0 Å². The smallest absolute Gasteiger partial charge is 0.337 e. The number of aryl methyl sites for hydroxylation is 1. The summed E-state index contributed by atoms with van der Waals surface area (Å²) >= 11 is 0. The fraction of sp³-hybridized carbons (Fsp3) is 0.364. The number of benzene rings is 2. The molecule has 0 bridgehead atoms. The van der Waals surface area contributed by atoms with Gasteiger partial charge in [-0.15, -0.1) is 0 Å². The Bertz CT molecular complexity index is 820. The summed E-state index contributed by atoms with van der Waals surface area (Å²) in [6.45, 7) is 3.98. The fourth-order valence-corrected chi connectivity index (χ4v) is 3.51. The molecule has 0 radical (unpaired) electrons. The summed E-state index contributed by atoms with van der Waals surface area (Å²) in [7, 11) is 1.35. The number of urea groups is 1. The summed E-state index contributed by atoms with van der Waals surface area (Å²) in [5.41, 5.74) is 4.06. The first-order valence-corrected chi connectivity index (χ1v) is 9.62. The lowest BCUT2D eigenvalue weighted by molar-refractivity contribution is 0.0600. The largest absolute Gasteiger partial charge is 0.465 e. The van der Waals surface area contributed by atoms with Crippen molar-refractivity contribution in [2.75, 3.05) is 25.1 Å². The zero-order valence-electron chi connectivity index (χ0n) is 16.4. The van der Waals surface area contributed by atoms with Crippen LogP contribution in [0.2, 0.25) is 0 Å². The molecule has 2 amide bonds. The molecule has 1 atom stereocenters. The number of methoxy groups -OCH3 is 1. The van der Waals surface area contributed by atoms with Gasteiger partial charge >= 0.3 is 12.0 Å². The van der Waals surface area contributed by atoms with Crippen LogP contribution in [0.3, 0.4) is 0 Å². The Kier molecular flexibility index (Phi) is 6.53. The first-order valence-electron chi connectivity index (χ1n) is 9.62. The lowest BCUT2D eigenvalue weighted by atomic mass is 9.97. The van der Waals surface area contributed by atoms with Gasteiger partial charge in [0.2, 0.25) is 0 Å². The van der Waals surface area contributed by atoms with Crippen LogP contribution in [0, 0.1) is 0 Å². The second-order valence-corrected chi connectivity index (χ2v) is 7.01. The second kappa shape index (κ2) is 9.26. The van der Waals surface area contributed by atoms with E-state index in [-0.39, 0.29) is 12.0 Å². The molecule has 0 saturated carbocycles. The van der Waals surface area contributed by atoms with E-state index in [1.165, 1.54) is 18.4 Å². The summed E-state index contributed by atoms with van der Waals surface area (Å²) in [6, 6.07) is 15.7. The van der Waals surface area contributed by atoms with E-state index in [1.54, 1.807) is 24.3 Å². The molecule has 148 valence electrons. The number of nitrogens with one attached hydrogen (secondary N) is 2. The van der Waals surface area contributed by atoms with Crippen molar-refractivity contribution in [3.8, 4) is 0 Å². The Morgan fingerprint density at radius 1 is 1.11 bits per heavy atom. The molecule has 0 fully saturated rings. The van der Waals surface area contributed by atoms with Crippen LogP contribution in [0.5, 0.6) is 0 Å². The number of anilines is 1. The van der Waals surface area contributed by atoms with Crippen LogP contribution in [0.4, 0.5) is 10.5 Å². The van der Waals surface area contributed by atoms with E-state index in [4.69, 9.17) is 0 Å². The SMILES string of the molecule is COC(=O)c1ccc(CNC(=O)NCCN2c3ccccc3CC[C@@H]2C)cc1. The van der Waals surface area contributed by atoms with Gasteiger partial charge in [0, 0.05) is 31.4 Å². The van der Waals surface area contributed by atoms with Crippen LogP contribution in [0.15, 0.2) is 48.5 Å². The highest BCUT2D eigenvalue weighted by Crippen LogP contribution is 2.29. The fourth-order valence-electron chi connectivity index (χ4n) is 3.51. The van der Waals surface area contributed by atoms with Gasteiger partial charge in [0.25, 0.3) is 0 Å². The van der Waals surface area contributed by atoms with Gasteiger partial charge in [-0.1, -0.05) is 30.3 Å². The van der Waals surface area contributed by atoms with Crippen LogP contribution in [0.25, 0.3) is 0 Å². The molecule has 0 unspecified atom stereocenters. The van der Waals surface area contributed by atoms with E-state index >= 15 is 0 Å². The Morgan fingerprint density at radius 2 is 1.86 bits per heavy atom. The number of esters is 1. The Morgan fingerprint density at radius 3 is 2.61 bits per heavy atom. The maximum absolute atomic E-state index is 12.1. The van der Waals surface area contributed by atoms with E-state index in [0.29, 0.717) is 24.7 Å². The molecule has 3 rings (SSSR count). The number of rotatable bonds is 6. The van der Waals surface area contributed by atoms with E-state index in [2.05, 4.69) is 51.5 Å². The number of hydrogen-bond acceptors (Lipinski definition) is 4. The van der Waals surface area contributed by atoms with Crippen LogP contribution >= 0.6 is 0 Å². The lowest BCUT2D eigenvalue weighted by Gasteiger charge is -2.37. The quantitative estimate of drug-likeness (QED) is 0.755.